The summed E-state index contributed by atoms with van der Waals surface area (Å²) in [7, 11) is -4.59. The van der Waals surface area contributed by atoms with E-state index in [1.54, 1.807) is 24.5 Å². The molecule has 116 valence electrons. The molecule has 10 heteroatoms. The van der Waals surface area contributed by atoms with E-state index in [-0.39, 0.29) is 18.9 Å². The van der Waals surface area contributed by atoms with Crippen molar-refractivity contribution in [1.29, 1.82) is 0 Å². The molecule has 1 atom stereocenters. The Bertz CT molecular complexity index is 794. The molecular weight excluding hydrogens is 331 g/mol. The van der Waals surface area contributed by atoms with Gasteiger partial charge in [-0.15, -0.1) is 14.1 Å². The van der Waals surface area contributed by atoms with Gasteiger partial charge in [0.15, 0.2) is 0 Å². The molecule has 22 heavy (non-hydrogen) atoms. The first-order chi connectivity index (χ1) is 10.4. The maximum Gasteiger partial charge on any atom is 0.302 e. The molecule has 7 nitrogen and oxygen atoms in total. The zero-order chi connectivity index (χ0) is 15.7. The summed E-state index contributed by atoms with van der Waals surface area (Å²) >= 11 is 1.22. The molecule has 1 fully saturated rings. The summed E-state index contributed by atoms with van der Waals surface area (Å²) in [5.74, 6) is -1.48. The highest BCUT2D eigenvalue weighted by molar-refractivity contribution is 7.86. The zero-order valence-corrected chi connectivity index (χ0v) is 12.8. The van der Waals surface area contributed by atoms with E-state index >= 15 is 0 Å². The van der Waals surface area contributed by atoms with Gasteiger partial charge in [-0.2, -0.15) is 8.42 Å². The van der Waals surface area contributed by atoms with Crippen LogP contribution in [0.25, 0.3) is 10.6 Å². The molecule has 0 saturated carbocycles. The van der Waals surface area contributed by atoms with Gasteiger partial charge in [0.1, 0.15) is 5.01 Å². The van der Waals surface area contributed by atoms with Gasteiger partial charge in [0, 0.05) is 36.8 Å². The normalized spacial score (nSPS) is 18.9. The summed E-state index contributed by atoms with van der Waals surface area (Å²) in [5.41, 5.74) is 0.827. The van der Waals surface area contributed by atoms with Crippen molar-refractivity contribution in [2.45, 2.75) is 6.42 Å². The van der Waals surface area contributed by atoms with Crippen molar-refractivity contribution in [2.75, 3.05) is 17.2 Å². The predicted octanol–water partition coefficient (Wildman–Crippen LogP) is 1.25. The summed E-state index contributed by atoms with van der Waals surface area (Å²) in [4.78, 5) is 17.2. The number of carbonyl (C=O) groups excluding carboxylic acids is 1. The summed E-state index contributed by atoms with van der Waals surface area (Å²) in [5, 5.41) is 9.00. The highest BCUT2D eigenvalue weighted by Gasteiger charge is 2.35. The van der Waals surface area contributed by atoms with Crippen LogP contribution < -0.4 is 4.90 Å². The van der Waals surface area contributed by atoms with Crippen LogP contribution in [-0.2, 0) is 15.0 Å². The first-order valence-corrected chi connectivity index (χ1v) is 8.76. The second kappa shape index (κ2) is 5.69. The average molecular weight is 342 g/mol. The highest BCUT2D eigenvalue weighted by Crippen LogP contribution is 2.32. The van der Waals surface area contributed by atoms with Crippen molar-refractivity contribution in [3.05, 3.63) is 24.5 Å². The van der Waals surface area contributed by atoms with Crippen LogP contribution in [-0.4, -0.2) is 41.8 Å². The first-order valence-electron chi connectivity index (χ1n) is 6.39. The van der Waals surface area contributed by atoms with Gasteiger partial charge >= 0.3 is 10.2 Å². The van der Waals surface area contributed by atoms with E-state index in [4.69, 9.17) is 0 Å². The van der Waals surface area contributed by atoms with Crippen molar-refractivity contribution >= 4 is 32.6 Å². The number of nitrogens with zero attached hydrogens (tertiary/aromatic N) is 4. The molecule has 0 aliphatic carbocycles. The predicted molar refractivity (Wildman–Crippen MR) is 78.5 cm³/mol. The fraction of sp³-hybridized carbons (Fsp3) is 0.333. The molecule has 1 unspecified atom stereocenters. The van der Waals surface area contributed by atoms with Gasteiger partial charge in [0.25, 0.3) is 0 Å². The molecule has 2 aromatic heterocycles. The van der Waals surface area contributed by atoms with Crippen LogP contribution in [0.1, 0.15) is 6.42 Å². The lowest BCUT2D eigenvalue weighted by Crippen LogP contribution is -2.25. The molecule has 3 rings (SSSR count). The quantitative estimate of drug-likeness (QED) is 0.777. The fourth-order valence-electron chi connectivity index (χ4n) is 2.30. The van der Waals surface area contributed by atoms with Crippen LogP contribution in [0, 0.1) is 5.92 Å². The number of halogens is 1. The Hall–Kier alpha value is -1.94. The molecule has 0 radical (unpaired) electrons. The molecule has 0 aromatic carbocycles. The van der Waals surface area contributed by atoms with E-state index in [9.17, 15) is 17.1 Å². The molecule has 0 bridgehead atoms. The number of hydrogen-bond donors (Lipinski definition) is 0. The second-order valence-electron chi connectivity index (χ2n) is 4.91. The van der Waals surface area contributed by atoms with E-state index in [2.05, 4.69) is 15.2 Å². The molecule has 1 aliphatic heterocycles. The second-order valence-corrected chi connectivity index (χ2v) is 7.27. The molecular formula is C12H11FN4O3S2. The smallest absolute Gasteiger partial charge is 0.286 e. The zero-order valence-electron chi connectivity index (χ0n) is 11.2. The summed E-state index contributed by atoms with van der Waals surface area (Å²) in [6.07, 6.45) is 3.24. The van der Waals surface area contributed by atoms with Crippen molar-refractivity contribution in [1.82, 2.24) is 15.2 Å². The Balaban J connectivity index is 1.78. The van der Waals surface area contributed by atoms with Gasteiger partial charge < -0.3 is 0 Å². The average Bonchev–Trinajstić information content (AvgIpc) is 3.05. The van der Waals surface area contributed by atoms with Crippen molar-refractivity contribution < 1.29 is 17.1 Å². The minimum atomic E-state index is -4.59. The molecule has 0 N–H and O–H groups in total. The summed E-state index contributed by atoms with van der Waals surface area (Å²) in [6, 6.07) is 3.54. The van der Waals surface area contributed by atoms with Gasteiger partial charge in [-0.3, -0.25) is 14.7 Å². The number of aromatic nitrogens is 3. The number of anilines is 1. The van der Waals surface area contributed by atoms with E-state index in [0.29, 0.717) is 10.1 Å². The maximum absolute atomic E-state index is 12.7. The van der Waals surface area contributed by atoms with Gasteiger partial charge in [-0.1, -0.05) is 11.3 Å². The highest BCUT2D eigenvalue weighted by atomic mass is 32.3. The van der Waals surface area contributed by atoms with Crippen LogP contribution in [0.2, 0.25) is 0 Å². The number of amides is 1. The maximum atomic E-state index is 12.7. The van der Waals surface area contributed by atoms with Crippen LogP contribution in [0.3, 0.4) is 0 Å². The Morgan fingerprint density at radius 1 is 1.32 bits per heavy atom. The van der Waals surface area contributed by atoms with Crippen molar-refractivity contribution in [3.63, 3.8) is 0 Å². The SMILES string of the molecule is O=C1CC(CS(=O)(=O)F)CN1c1nnc(-c2ccncc2)s1. The first kappa shape index (κ1) is 15.0. The van der Waals surface area contributed by atoms with Crippen LogP contribution in [0.4, 0.5) is 9.02 Å². The van der Waals surface area contributed by atoms with E-state index < -0.39 is 21.9 Å². The standard InChI is InChI=1S/C12H11FN4O3S2/c13-22(19,20)7-8-5-10(18)17(6-8)12-16-15-11(21-12)9-1-3-14-4-2-9/h1-4,8H,5-7H2. The van der Waals surface area contributed by atoms with Crippen molar-refractivity contribution in [3.8, 4) is 10.6 Å². The van der Waals surface area contributed by atoms with Crippen molar-refractivity contribution in [2.24, 2.45) is 5.92 Å². The molecule has 1 aliphatic rings. The molecule has 0 spiro atoms. The summed E-state index contributed by atoms with van der Waals surface area (Å²) < 4.78 is 34.1. The molecule has 1 amide bonds. The van der Waals surface area contributed by atoms with Gasteiger partial charge in [0.05, 0.1) is 5.75 Å². The number of hydrogen-bond acceptors (Lipinski definition) is 7. The van der Waals surface area contributed by atoms with E-state index in [1.807, 2.05) is 0 Å². The third-order valence-electron chi connectivity index (χ3n) is 3.21. The fourth-order valence-corrected chi connectivity index (χ4v) is 3.96. The monoisotopic (exact) mass is 342 g/mol. The van der Waals surface area contributed by atoms with Gasteiger partial charge in [-0.05, 0) is 12.1 Å². The van der Waals surface area contributed by atoms with Gasteiger partial charge in [-0.25, -0.2) is 0 Å². The number of pyridine rings is 1. The Labute approximate surface area is 130 Å². The minimum absolute atomic E-state index is 0.00663. The molecule has 3 heterocycles. The topological polar surface area (TPSA) is 93.1 Å². The van der Waals surface area contributed by atoms with Crippen LogP contribution >= 0.6 is 11.3 Å². The lowest BCUT2D eigenvalue weighted by atomic mass is 10.1. The van der Waals surface area contributed by atoms with E-state index in [1.165, 1.54) is 16.2 Å². The lowest BCUT2D eigenvalue weighted by molar-refractivity contribution is -0.117. The van der Waals surface area contributed by atoms with E-state index in [0.717, 1.165) is 5.56 Å². The van der Waals surface area contributed by atoms with Crippen LogP contribution in [0.15, 0.2) is 24.5 Å². The number of carbonyl (C=O) groups is 1. The van der Waals surface area contributed by atoms with Gasteiger partial charge in [0.2, 0.25) is 11.0 Å². The Morgan fingerprint density at radius 3 is 2.73 bits per heavy atom. The minimum Gasteiger partial charge on any atom is -0.286 e. The van der Waals surface area contributed by atoms with Crippen LogP contribution in [0.5, 0.6) is 0 Å². The summed E-state index contributed by atoms with van der Waals surface area (Å²) in [6.45, 7) is 0.132. The Morgan fingerprint density at radius 2 is 2.05 bits per heavy atom. The molecule has 1 saturated heterocycles. The Kier molecular flexibility index (Phi) is 3.87. The third kappa shape index (κ3) is 3.28. The molecule has 2 aromatic rings. The lowest BCUT2D eigenvalue weighted by Gasteiger charge is -2.11. The number of rotatable bonds is 4. The largest absolute Gasteiger partial charge is 0.302 e. The third-order valence-corrected chi connectivity index (χ3v) is 5.08.